The fourth-order valence-corrected chi connectivity index (χ4v) is 2.77. The van der Waals surface area contributed by atoms with E-state index in [2.05, 4.69) is 0 Å². The van der Waals surface area contributed by atoms with Crippen molar-refractivity contribution in [3.63, 3.8) is 0 Å². The molecule has 0 aliphatic carbocycles. The van der Waals surface area contributed by atoms with E-state index < -0.39 is 12.6 Å². The Morgan fingerprint density at radius 2 is 1.59 bits per heavy atom. The maximum atomic E-state index is 12.5. The van der Waals surface area contributed by atoms with Gasteiger partial charge in [0.2, 0.25) is 0 Å². The molecular formula is C24H20O5. The van der Waals surface area contributed by atoms with Gasteiger partial charge < -0.3 is 14.6 Å². The molecule has 0 unspecified atom stereocenters. The van der Waals surface area contributed by atoms with Crippen LogP contribution in [-0.4, -0.2) is 30.6 Å². The molecule has 3 aromatic carbocycles. The summed E-state index contributed by atoms with van der Waals surface area (Å²) in [6, 6.07) is 22.6. The van der Waals surface area contributed by atoms with E-state index in [9.17, 15) is 9.59 Å². The van der Waals surface area contributed by atoms with Crippen LogP contribution in [0.2, 0.25) is 0 Å². The molecule has 0 saturated heterocycles. The molecule has 0 spiro atoms. The maximum Gasteiger partial charge on any atom is 0.341 e. The van der Waals surface area contributed by atoms with Gasteiger partial charge in [0, 0.05) is 5.56 Å². The van der Waals surface area contributed by atoms with E-state index in [0.717, 1.165) is 16.7 Å². The van der Waals surface area contributed by atoms with Gasteiger partial charge in [-0.25, -0.2) is 4.79 Å². The van der Waals surface area contributed by atoms with Crippen LogP contribution in [0.1, 0.15) is 15.9 Å². The van der Waals surface area contributed by atoms with E-state index in [1.165, 1.54) is 25.3 Å². The van der Waals surface area contributed by atoms with Crippen LogP contribution in [0.15, 0.2) is 78.9 Å². The first-order valence-electron chi connectivity index (χ1n) is 8.97. The summed E-state index contributed by atoms with van der Waals surface area (Å²) in [6.07, 6.45) is 3.24. The van der Waals surface area contributed by atoms with Crippen molar-refractivity contribution in [2.45, 2.75) is 0 Å². The summed E-state index contributed by atoms with van der Waals surface area (Å²) in [7, 11) is 1.43. The highest BCUT2D eigenvalue weighted by molar-refractivity contribution is 6.07. The Morgan fingerprint density at radius 3 is 2.24 bits per heavy atom. The van der Waals surface area contributed by atoms with Crippen molar-refractivity contribution in [2.75, 3.05) is 13.7 Å². The number of carbonyl (C=O) groups excluding carboxylic acids is 1. The van der Waals surface area contributed by atoms with Crippen LogP contribution in [0, 0.1) is 0 Å². The molecule has 0 radical (unpaired) electrons. The first-order valence-corrected chi connectivity index (χ1v) is 8.97. The zero-order chi connectivity index (χ0) is 20.6. The van der Waals surface area contributed by atoms with Crippen LogP contribution in [0.25, 0.3) is 17.2 Å². The lowest BCUT2D eigenvalue weighted by Gasteiger charge is -2.10. The molecule has 146 valence electrons. The lowest BCUT2D eigenvalue weighted by Crippen LogP contribution is -2.10. The molecule has 0 amide bonds. The van der Waals surface area contributed by atoms with Gasteiger partial charge in [0.1, 0.15) is 0 Å². The van der Waals surface area contributed by atoms with Crippen molar-refractivity contribution >= 4 is 17.8 Å². The molecule has 3 aromatic rings. The summed E-state index contributed by atoms with van der Waals surface area (Å²) < 4.78 is 10.3. The van der Waals surface area contributed by atoms with Crippen molar-refractivity contribution in [1.82, 2.24) is 0 Å². The van der Waals surface area contributed by atoms with Gasteiger partial charge in [-0.15, -0.1) is 0 Å². The minimum atomic E-state index is -1.09. The number of carbonyl (C=O) groups is 2. The molecule has 5 nitrogen and oxygen atoms in total. The van der Waals surface area contributed by atoms with Gasteiger partial charge in [-0.05, 0) is 41.0 Å². The largest absolute Gasteiger partial charge is 0.493 e. The Balaban J connectivity index is 1.70. The van der Waals surface area contributed by atoms with Crippen LogP contribution in [-0.2, 0) is 4.79 Å². The number of allylic oxidation sites excluding steroid dienone is 1. The van der Waals surface area contributed by atoms with Gasteiger partial charge in [-0.1, -0.05) is 60.7 Å². The van der Waals surface area contributed by atoms with Crippen LogP contribution in [0.4, 0.5) is 0 Å². The Morgan fingerprint density at radius 1 is 0.897 bits per heavy atom. The lowest BCUT2D eigenvalue weighted by molar-refractivity contribution is -0.139. The minimum absolute atomic E-state index is 0.194. The van der Waals surface area contributed by atoms with E-state index in [4.69, 9.17) is 14.6 Å². The molecule has 3 rings (SSSR count). The molecule has 0 bridgehead atoms. The van der Waals surface area contributed by atoms with E-state index >= 15 is 0 Å². The topological polar surface area (TPSA) is 72.8 Å². The third kappa shape index (κ3) is 5.32. The summed E-state index contributed by atoms with van der Waals surface area (Å²) in [5.74, 6) is -0.710. The fraction of sp³-hybridized carbons (Fsp3) is 0.0833. The fourth-order valence-electron chi connectivity index (χ4n) is 2.77. The van der Waals surface area contributed by atoms with Crippen molar-refractivity contribution in [3.8, 4) is 22.6 Å². The number of rotatable bonds is 8. The second-order valence-corrected chi connectivity index (χ2v) is 6.23. The van der Waals surface area contributed by atoms with Crippen molar-refractivity contribution in [3.05, 3.63) is 90.0 Å². The normalized spacial score (nSPS) is 10.7. The highest BCUT2D eigenvalue weighted by Gasteiger charge is 2.10. The first-order chi connectivity index (χ1) is 14.1. The predicted molar refractivity (Wildman–Crippen MR) is 111 cm³/mol. The molecule has 0 aliphatic heterocycles. The number of hydrogen-bond donors (Lipinski definition) is 1. The number of carboxylic acid groups (broad SMARTS) is 1. The Bertz CT molecular complexity index is 1020. The smallest absolute Gasteiger partial charge is 0.341 e. The highest BCUT2D eigenvalue weighted by atomic mass is 16.5. The molecule has 0 atom stereocenters. The number of hydrogen-bond acceptors (Lipinski definition) is 4. The summed E-state index contributed by atoms with van der Waals surface area (Å²) >= 11 is 0. The Labute approximate surface area is 168 Å². The van der Waals surface area contributed by atoms with Crippen molar-refractivity contribution < 1.29 is 24.2 Å². The molecule has 0 fully saturated rings. The van der Waals surface area contributed by atoms with E-state index in [0.29, 0.717) is 11.3 Å². The summed E-state index contributed by atoms with van der Waals surface area (Å²) in [4.78, 5) is 23.1. The number of methoxy groups -OCH3 is 1. The number of ether oxygens (including phenoxy) is 2. The number of benzene rings is 3. The Kier molecular flexibility index (Phi) is 6.43. The van der Waals surface area contributed by atoms with E-state index in [1.807, 2.05) is 54.6 Å². The van der Waals surface area contributed by atoms with Crippen LogP contribution < -0.4 is 9.47 Å². The van der Waals surface area contributed by atoms with Crippen LogP contribution in [0.5, 0.6) is 11.5 Å². The molecule has 0 aliphatic rings. The van der Waals surface area contributed by atoms with Crippen molar-refractivity contribution in [1.29, 1.82) is 0 Å². The van der Waals surface area contributed by atoms with Crippen LogP contribution >= 0.6 is 0 Å². The number of ketones is 1. The zero-order valence-electron chi connectivity index (χ0n) is 15.9. The first kappa shape index (κ1) is 19.9. The quantitative estimate of drug-likeness (QED) is 0.446. The van der Waals surface area contributed by atoms with Gasteiger partial charge in [-0.2, -0.15) is 0 Å². The lowest BCUT2D eigenvalue weighted by atomic mass is 10.0. The van der Waals surface area contributed by atoms with Crippen molar-refractivity contribution in [2.24, 2.45) is 0 Å². The monoisotopic (exact) mass is 388 g/mol. The number of carboxylic acids is 1. The summed E-state index contributed by atoms with van der Waals surface area (Å²) in [5, 5.41) is 8.71. The van der Waals surface area contributed by atoms with E-state index in [-0.39, 0.29) is 11.5 Å². The number of aliphatic carboxylic acids is 1. The molecule has 0 aromatic heterocycles. The van der Waals surface area contributed by atoms with Gasteiger partial charge >= 0.3 is 5.97 Å². The SMILES string of the molecule is COc1cc(C(=O)C=Cc2ccc(-c3ccccc3)cc2)ccc1OCC(=O)O. The summed E-state index contributed by atoms with van der Waals surface area (Å²) in [5.41, 5.74) is 3.57. The average molecular weight is 388 g/mol. The predicted octanol–water partition coefficient (Wildman–Crippen LogP) is 4.72. The second-order valence-electron chi connectivity index (χ2n) is 6.23. The molecule has 5 heteroatoms. The Hall–Kier alpha value is -3.86. The van der Waals surface area contributed by atoms with E-state index in [1.54, 1.807) is 12.1 Å². The molecule has 29 heavy (non-hydrogen) atoms. The second kappa shape index (κ2) is 9.37. The van der Waals surface area contributed by atoms with Gasteiger partial charge in [0.05, 0.1) is 7.11 Å². The minimum Gasteiger partial charge on any atom is -0.493 e. The molecule has 0 saturated carbocycles. The zero-order valence-corrected chi connectivity index (χ0v) is 15.9. The van der Waals surface area contributed by atoms with Gasteiger partial charge in [0.15, 0.2) is 23.9 Å². The van der Waals surface area contributed by atoms with Crippen LogP contribution in [0.3, 0.4) is 0 Å². The maximum absolute atomic E-state index is 12.5. The molecule has 1 N–H and O–H groups in total. The standard InChI is InChI=1S/C24H20O5/c1-28-23-15-20(12-14-22(23)29-16-24(26)27)21(25)13-9-17-7-10-19(11-8-17)18-5-3-2-4-6-18/h2-15H,16H2,1H3,(H,26,27). The average Bonchev–Trinajstić information content (AvgIpc) is 2.76. The molecule has 0 heterocycles. The summed E-state index contributed by atoms with van der Waals surface area (Å²) in [6.45, 7) is -0.484. The highest BCUT2D eigenvalue weighted by Crippen LogP contribution is 2.28. The third-order valence-corrected chi connectivity index (χ3v) is 4.24. The van der Waals surface area contributed by atoms with Gasteiger partial charge in [-0.3, -0.25) is 4.79 Å². The van der Waals surface area contributed by atoms with Gasteiger partial charge in [0.25, 0.3) is 0 Å². The molecular weight excluding hydrogens is 368 g/mol. The third-order valence-electron chi connectivity index (χ3n) is 4.24.